The fourth-order valence-electron chi connectivity index (χ4n) is 3.55. The Kier molecular flexibility index (Phi) is 4.48. The Morgan fingerprint density at radius 2 is 1.95 bits per heavy atom. The predicted molar refractivity (Wildman–Crippen MR) is 85.5 cm³/mol. The van der Waals surface area contributed by atoms with Crippen molar-refractivity contribution < 1.29 is 9.18 Å². The maximum atomic E-state index is 14.8. The van der Waals surface area contributed by atoms with Crippen LogP contribution in [-0.2, 0) is 4.79 Å². The molecule has 0 bridgehead atoms. The number of rotatable bonds is 5. The molecule has 2 aliphatic rings. The third-order valence-electron chi connectivity index (χ3n) is 4.99. The van der Waals surface area contributed by atoms with Crippen LogP contribution in [0.5, 0.6) is 0 Å². The first-order valence-corrected chi connectivity index (χ1v) is 8.30. The van der Waals surface area contributed by atoms with Gasteiger partial charge in [-0.15, -0.1) is 0 Å². The van der Waals surface area contributed by atoms with E-state index >= 15 is 0 Å². The molecule has 2 fully saturated rings. The van der Waals surface area contributed by atoms with Gasteiger partial charge in [0.1, 0.15) is 5.67 Å². The van der Waals surface area contributed by atoms with Gasteiger partial charge in [-0.1, -0.05) is 30.3 Å². The summed E-state index contributed by atoms with van der Waals surface area (Å²) in [7, 11) is 0. The Morgan fingerprint density at radius 1 is 1.27 bits per heavy atom. The van der Waals surface area contributed by atoms with Crippen molar-refractivity contribution >= 4 is 5.91 Å². The summed E-state index contributed by atoms with van der Waals surface area (Å²) in [6.45, 7) is 1.96. The van der Waals surface area contributed by atoms with E-state index in [-0.39, 0.29) is 11.9 Å². The quantitative estimate of drug-likeness (QED) is 0.878. The van der Waals surface area contributed by atoms with Gasteiger partial charge in [-0.3, -0.25) is 4.79 Å². The molecule has 0 aromatic heterocycles. The Labute approximate surface area is 131 Å². The van der Waals surface area contributed by atoms with E-state index in [2.05, 4.69) is 34.9 Å². The second-order valence-electron chi connectivity index (χ2n) is 6.87. The van der Waals surface area contributed by atoms with Crippen LogP contribution in [0.25, 0.3) is 0 Å². The molecule has 1 aromatic rings. The van der Waals surface area contributed by atoms with Gasteiger partial charge >= 0.3 is 0 Å². The summed E-state index contributed by atoms with van der Waals surface area (Å²) < 4.78 is 14.8. The van der Waals surface area contributed by atoms with Gasteiger partial charge in [-0.05, 0) is 37.7 Å². The first-order valence-electron chi connectivity index (χ1n) is 8.30. The van der Waals surface area contributed by atoms with E-state index in [0.717, 1.165) is 19.3 Å². The van der Waals surface area contributed by atoms with Gasteiger partial charge in [0.15, 0.2) is 0 Å². The lowest BCUT2D eigenvalue weighted by Gasteiger charge is -2.34. The van der Waals surface area contributed by atoms with Gasteiger partial charge in [0, 0.05) is 31.5 Å². The number of amides is 1. The van der Waals surface area contributed by atoms with Crippen LogP contribution in [0, 0.1) is 0 Å². The van der Waals surface area contributed by atoms with E-state index in [1.165, 1.54) is 12.5 Å². The molecule has 2 atom stereocenters. The first kappa shape index (κ1) is 15.5. The van der Waals surface area contributed by atoms with Crippen molar-refractivity contribution in [3.63, 3.8) is 0 Å². The lowest BCUT2D eigenvalue weighted by molar-refractivity contribution is -0.120. The Balaban J connectivity index is 1.42. The van der Waals surface area contributed by atoms with Gasteiger partial charge in [-0.25, -0.2) is 4.39 Å². The van der Waals surface area contributed by atoms with Gasteiger partial charge < -0.3 is 10.6 Å². The van der Waals surface area contributed by atoms with E-state index in [1.807, 2.05) is 6.07 Å². The molecular weight excluding hydrogens is 279 g/mol. The van der Waals surface area contributed by atoms with Crippen molar-refractivity contribution in [2.75, 3.05) is 6.54 Å². The molecule has 3 rings (SSSR count). The first-order chi connectivity index (χ1) is 10.6. The number of nitrogens with one attached hydrogen (secondary N) is 2. The average Bonchev–Trinajstić information content (AvgIpc) is 3.28. The molecule has 0 radical (unpaired) electrons. The Hall–Kier alpha value is -1.42. The van der Waals surface area contributed by atoms with Crippen molar-refractivity contribution in [1.82, 2.24) is 10.6 Å². The van der Waals surface area contributed by atoms with Gasteiger partial charge in [0.2, 0.25) is 5.91 Å². The largest absolute Gasteiger partial charge is 0.354 e. The molecule has 22 heavy (non-hydrogen) atoms. The summed E-state index contributed by atoms with van der Waals surface area (Å²) in [5.74, 6) is 0.527. The average molecular weight is 304 g/mol. The Bertz CT molecular complexity index is 511. The van der Waals surface area contributed by atoms with Crippen molar-refractivity contribution in [2.24, 2.45) is 0 Å². The standard InChI is InChI=1S/C18H25FN2O/c1-13(22)21-15-7-9-18(19,10-8-15)12-20-17-11-16(17)14-5-3-2-4-6-14/h2-6,15-17,20H,7-12H2,1H3,(H,21,22)/t15?,16-,17+,18?/m0/s1. The van der Waals surface area contributed by atoms with Crippen LogP contribution in [0.2, 0.25) is 0 Å². The minimum Gasteiger partial charge on any atom is -0.354 e. The summed E-state index contributed by atoms with van der Waals surface area (Å²) in [6, 6.07) is 11.0. The van der Waals surface area contributed by atoms with E-state index in [4.69, 9.17) is 0 Å². The number of carbonyl (C=O) groups is 1. The monoisotopic (exact) mass is 304 g/mol. The number of halogens is 1. The van der Waals surface area contributed by atoms with Gasteiger partial charge in [-0.2, -0.15) is 0 Å². The van der Waals surface area contributed by atoms with Gasteiger partial charge in [0.25, 0.3) is 0 Å². The highest BCUT2D eigenvalue weighted by molar-refractivity contribution is 5.73. The molecule has 1 amide bonds. The molecule has 0 spiro atoms. The molecule has 0 heterocycles. The number of alkyl halides is 1. The van der Waals surface area contributed by atoms with Crippen LogP contribution in [-0.4, -0.2) is 30.2 Å². The Morgan fingerprint density at radius 3 is 2.59 bits per heavy atom. The summed E-state index contributed by atoms with van der Waals surface area (Å²) in [5, 5.41) is 6.31. The molecule has 2 saturated carbocycles. The van der Waals surface area contributed by atoms with Crippen LogP contribution in [0.1, 0.15) is 50.5 Å². The third kappa shape index (κ3) is 3.86. The van der Waals surface area contributed by atoms with Crippen LogP contribution < -0.4 is 10.6 Å². The zero-order valence-corrected chi connectivity index (χ0v) is 13.1. The van der Waals surface area contributed by atoms with Crippen LogP contribution >= 0.6 is 0 Å². The summed E-state index contributed by atoms with van der Waals surface area (Å²) >= 11 is 0. The van der Waals surface area contributed by atoms with Gasteiger partial charge in [0.05, 0.1) is 0 Å². The minimum absolute atomic E-state index is 0.0156. The number of carbonyl (C=O) groups excluding carboxylic acids is 1. The molecule has 0 saturated heterocycles. The molecule has 0 unspecified atom stereocenters. The maximum Gasteiger partial charge on any atom is 0.217 e. The highest BCUT2D eigenvalue weighted by Gasteiger charge is 2.41. The summed E-state index contributed by atoms with van der Waals surface area (Å²) in [5.41, 5.74) is 0.237. The molecule has 3 nitrogen and oxygen atoms in total. The van der Waals surface area contributed by atoms with Crippen LogP contribution in [0.15, 0.2) is 30.3 Å². The second kappa shape index (κ2) is 6.37. The fourth-order valence-corrected chi connectivity index (χ4v) is 3.55. The van der Waals surface area contributed by atoms with Crippen molar-refractivity contribution in [2.45, 2.75) is 62.7 Å². The van der Waals surface area contributed by atoms with E-state index < -0.39 is 5.67 Å². The van der Waals surface area contributed by atoms with E-state index in [9.17, 15) is 9.18 Å². The predicted octanol–water partition coefficient (Wildman–Crippen LogP) is 2.92. The fraction of sp³-hybridized carbons (Fsp3) is 0.611. The lowest BCUT2D eigenvalue weighted by Crippen LogP contribution is -2.45. The second-order valence-corrected chi connectivity index (χ2v) is 6.87. The SMILES string of the molecule is CC(=O)NC1CCC(F)(CN[C@@H]2C[C@H]2c2ccccc2)CC1. The topological polar surface area (TPSA) is 41.1 Å². The third-order valence-corrected chi connectivity index (χ3v) is 4.99. The summed E-state index contributed by atoms with van der Waals surface area (Å²) in [6.07, 6.45) is 3.66. The van der Waals surface area contributed by atoms with Crippen molar-refractivity contribution in [3.05, 3.63) is 35.9 Å². The zero-order valence-electron chi connectivity index (χ0n) is 13.1. The lowest BCUT2D eigenvalue weighted by atomic mass is 9.83. The molecule has 4 heteroatoms. The highest BCUT2D eigenvalue weighted by Crippen LogP contribution is 2.41. The smallest absolute Gasteiger partial charge is 0.217 e. The molecule has 120 valence electrons. The van der Waals surface area contributed by atoms with E-state index in [0.29, 0.717) is 31.3 Å². The zero-order chi connectivity index (χ0) is 15.6. The number of benzene rings is 1. The highest BCUT2D eigenvalue weighted by atomic mass is 19.1. The molecular formula is C18H25FN2O. The van der Waals surface area contributed by atoms with E-state index in [1.54, 1.807) is 0 Å². The molecule has 0 aliphatic heterocycles. The maximum absolute atomic E-state index is 14.8. The molecule has 2 N–H and O–H groups in total. The van der Waals surface area contributed by atoms with Crippen LogP contribution in [0.4, 0.5) is 4.39 Å². The van der Waals surface area contributed by atoms with Crippen molar-refractivity contribution in [3.8, 4) is 0 Å². The molecule has 1 aromatic carbocycles. The minimum atomic E-state index is -1.11. The number of hydrogen-bond donors (Lipinski definition) is 2. The summed E-state index contributed by atoms with van der Waals surface area (Å²) in [4.78, 5) is 11.1. The number of hydrogen-bond acceptors (Lipinski definition) is 2. The normalized spacial score (nSPS) is 34.2. The van der Waals surface area contributed by atoms with Crippen molar-refractivity contribution in [1.29, 1.82) is 0 Å². The van der Waals surface area contributed by atoms with Crippen LogP contribution in [0.3, 0.4) is 0 Å². The molecule has 2 aliphatic carbocycles.